The van der Waals surface area contributed by atoms with Gasteiger partial charge in [-0.05, 0) is 32.9 Å². The average molecular weight is 351 g/mol. The Morgan fingerprint density at radius 1 is 1.00 bits per heavy atom. The summed E-state index contributed by atoms with van der Waals surface area (Å²) in [7, 11) is 0. The molecule has 5 aliphatic rings. The predicted molar refractivity (Wildman–Crippen MR) is 95.6 cm³/mol. The Balaban J connectivity index is 1.70. The number of ether oxygens (including phenoxy) is 1. The highest BCUT2D eigenvalue weighted by Crippen LogP contribution is 2.84. The van der Waals surface area contributed by atoms with E-state index in [-0.39, 0.29) is 40.0 Å². The number of aromatic nitrogens is 3. The number of allylic oxidation sites excluding steroid dienone is 2. The van der Waals surface area contributed by atoms with Gasteiger partial charge in [-0.2, -0.15) is 0 Å². The molecule has 0 amide bonds. The van der Waals surface area contributed by atoms with Gasteiger partial charge >= 0.3 is 11.4 Å². The zero-order valence-electron chi connectivity index (χ0n) is 15.3. The largest absolute Gasteiger partial charge is 0.362 e. The van der Waals surface area contributed by atoms with Crippen molar-refractivity contribution in [2.75, 3.05) is 0 Å². The second kappa shape index (κ2) is 3.69. The second-order valence-corrected chi connectivity index (χ2v) is 8.81. The molecule has 6 atom stereocenters. The lowest BCUT2D eigenvalue weighted by Gasteiger charge is -2.67. The van der Waals surface area contributed by atoms with Gasteiger partial charge in [0.2, 0.25) is 0 Å². The summed E-state index contributed by atoms with van der Waals surface area (Å²) in [4.78, 5) is 26.7. The fraction of sp³-hybridized carbons (Fsp3) is 0.500. The number of para-hydroxylation sites is 1. The molecule has 2 bridgehead atoms. The van der Waals surface area contributed by atoms with Gasteiger partial charge in [-0.15, -0.1) is 0 Å². The zero-order chi connectivity index (χ0) is 18.3. The lowest BCUT2D eigenvalue weighted by Crippen LogP contribution is -2.77. The van der Waals surface area contributed by atoms with Crippen molar-refractivity contribution in [1.29, 1.82) is 0 Å². The zero-order valence-corrected chi connectivity index (χ0v) is 15.3. The molecule has 4 heterocycles. The minimum absolute atomic E-state index is 0.160. The van der Waals surface area contributed by atoms with E-state index >= 15 is 0 Å². The van der Waals surface area contributed by atoms with Crippen LogP contribution >= 0.6 is 0 Å². The molecule has 134 valence electrons. The van der Waals surface area contributed by atoms with Crippen LogP contribution in [0.1, 0.15) is 33.7 Å². The average Bonchev–Trinajstić information content (AvgIpc) is 2.98. The van der Waals surface area contributed by atoms with E-state index in [1.807, 2.05) is 18.2 Å². The van der Waals surface area contributed by atoms with Crippen LogP contribution < -0.4 is 11.4 Å². The number of rotatable bonds is 1. The molecule has 1 saturated carbocycles. The van der Waals surface area contributed by atoms with Gasteiger partial charge < -0.3 is 4.74 Å². The van der Waals surface area contributed by atoms with Gasteiger partial charge in [0.05, 0.1) is 17.3 Å². The van der Waals surface area contributed by atoms with Gasteiger partial charge in [-0.1, -0.05) is 37.3 Å². The van der Waals surface area contributed by atoms with Gasteiger partial charge in [-0.3, -0.25) is 0 Å². The Morgan fingerprint density at radius 3 is 2.38 bits per heavy atom. The number of hydrogen-bond acceptors (Lipinski definition) is 3. The number of nitrogens with zero attached hydrogens (tertiary/aromatic N) is 3. The molecule has 2 aromatic rings. The Hall–Kier alpha value is -2.34. The van der Waals surface area contributed by atoms with Crippen LogP contribution in [0.4, 0.5) is 0 Å². The van der Waals surface area contributed by atoms with E-state index in [0.717, 1.165) is 0 Å². The minimum Gasteiger partial charge on any atom is -0.362 e. The first-order chi connectivity index (χ1) is 12.2. The van der Waals surface area contributed by atoms with E-state index in [1.165, 1.54) is 4.57 Å². The maximum absolute atomic E-state index is 13.4. The lowest BCUT2D eigenvalue weighted by molar-refractivity contribution is -0.148. The standard InChI is InChI=1S/C20H21N3O3/c1-17-11-10-13(14-18(17,2)20(4)19(14,3)26-20)22-15(24)21(16(25)23(17)22)12-8-6-5-7-9-12/h5-11,13-14H,1-4H3/t13-,14-,17+,18+,19-,20-/m1/s1. The third-order valence-electron chi connectivity index (χ3n) is 8.25. The number of hydrogen-bond donors (Lipinski definition) is 0. The van der Waals surface area contributed by atoms with Crippen molar-refractivity contribution < 1.29 is 4.74 Å². The molecule has 2 fully saturated rings. The Morgan fingerprint density at radius 2 is 1.69 bits per heavy atom. The Kier molecular flexibility index (Phi) is 2.10. The van der Waals surface area contributed by atoms with E-state index in [1.54, 1.807) is 21.5 Å². The number of epoxide rings is 1. The van der Waals surface area contributed by atoms with Crippen molar-refractivity contribution in [2.24, 2.45) is 11.3 Å². The van der Waals surface area contributed by atoms with Crippen molar-refractivity contribution in [3.05, 3.63) is 63.5 Å². The predicted octanol–water partition coefficient (Wildman–Crippen LogP) is 1.82. The molecule has 1 aromatic heterocycles. The highest BCUT2D eigenvalue weighted by atomic mass is 16.6. The molecule has 6 heteroatoms. The van der Waals surface area contributed by atoms with Gasteiger partial charge in [0, 0.05) is 11.3 Å². The van der Waals surface area contributed by atoms with E-state index in [4.69, 9.17) is 4.74 Å². The summed E-state index contributed by atoms with van der Waals surface area (Å²) in [6.45, 7) is 8.55. The number of benzene rings is 1. The van der Waals surface area contributed by atoms with Gasteiger partial charge in [0.1, 0.15) is 11.2 Å². The first kappa shape index (κ1) is 14.8. The minimum atomic E-state index is -0.604. The third-order valence-corrected chi connectivity index (χ3v) is 8.25. The normalized spacial score (nSPS) is 46.3. The van der Waals surface area contributed by atoms with Crippen LogP contribution in [0.3, 0.4) is 0 Å². The van der Waals surface area contributed by atoms with Crippen molar-refractivity contribution in [2.45, 2.75) is 50.5 Å². The second-order valence-electron chi connectivity index (χ2n) is 8.81. The van der Waals surface area contributed by atoms with Gasteiger partial charge in [0.15, 0.2) is 0 Å². The summed E-state index contributed by atoms with van der Waals surface area (Å²) in [6, 6.07) is 9.00. The molecular formula is C20H21N3O3. The lowest BCUT2D eigenvalue weighted by atomic mass is 9.38. The number of fused-ring (bicyclic) bond motifs is 1. The van der Waals surface area contributed by atoms with Crippen LogP contribution in [0.15, 0.2) is 52.1 Å². The monoisotopic (exact) mass is 351 g/mol. The molecular weight excluding hydrogens is 330 g/mol. The molecule has 0 spiro atoms. The molecule has 0 unspecified atom stereocenters. The topological polar surface area (TPSA) is 61.5 Å². The van der Waals surface area contributed by atoms with Crippen LogP contribution in [-0.2, 0) is 10.3 Å². The van der Waals surface area contributed by atoms with Gasteiger partial charge in [-0.25, -0.2) is 23.5 Å². The van der Waals surface area contributed by atoms with Crippen molar-refractivity contribution in [1.82, 2.24) is 13.9 Å². The van der Waals surface area contributed by atoms with Crippen LogP contribution in [0, 0.1) is 11.3 Å². The SMILES string of the molecule is C[C@]12O[C@]1(C)[C@@H]1[C@H]3C=C[C@](C)(n4c(=O)n(-c5ccccc5)c(=O)n43)[C@]12C. The van der Waals surface area contributed by atoms with E-state index < -0.39 is 5.54 Å². The van der Waals surface area contributed by atoms with Gasteiger partial charge in [0.25, 0.3) is 0 Å². The van der Waals surface area contributed by atoms with Crippen LogP contribution in [-0.4, -0.2) is 25.1 Å². The highest BCUT2D eigenvalue weighted by molar-refractivity contribution is 5.46. The molecule has 6 nitrogen and oxygen atoms in total. The Labute approximate surface area is 150 Å². The van der Waals surface area contributed by atoms with E-state index in [0.29, 0.717) is 5.69 Å². The fourth-order valence-electron chi connectivity index (χ4n) is 6.64. The molecule has 0 N–H and O–H groups in total. The summed E-state index contributed by atoms with van der Waals surface area (Å²) < 4.78 is 10.8. The summed E-state index contributed by atoms with van der Waals surface area (Å²) in [6.07, 6.45) is 4.20. The van der Waals surface area contributed by atoms with Crippen LogP contribution in [0.2, 0.25) is 0 Å². The third kappa shape index (κ3) is 1.08. The Bertz CT molecular complexity index is 1140. The van der Waals surface area contributed by atoms with E-state index in [2.05, 4.69) is 39.8 Å². The highest BCUT2D eigenvalue weighted by Gasteiger charge is 2.94. The van der Waals surface area contributed by atoms with Crippen molar-refractivity contribution in [3.8, 4) is 5.69 Å². The molecule has 26 heavy (non-hydrogen) atoms. The first-order valence-electron chi connectivity index (χ1n) is 9.14. The summed E-state index contributed by atoms with van der Waals surface area (Å²) >= 11 is 0. The molecule has 0 radical (unpaired) electrons. The summed E-state index contributed by atoms with van der Waals surface area (Å²) in [5.74, 6) is 0.179. The van der Waals surface area contributed by atoms with Crippen LogP contribution in [0.25, 0.3) is 5.69 Å². The summed E-state index contributed by atoms with van der Waals surface area (Å²) in [5.41, 5.74) is -1.28. The molecule has 3 aliphatic heterocycles. The first-order valence-corrected chi connectivity index (χ1v) is 9.14. The molecule has 7 rings (SSSR count). The molecule has 2 aliphatic carbocycles. The maximum Gasteiger partial charge on any atom is 0.352 e. The quantitative estimate of drug-likeness (QED) is 0.582. The van der Waals surface area contributed by atoms with Crippen LogP contribution in [0.5, 0.6) is 0 Å². The maximum atomic E-state index is 13.4. The van der Waals surface area contributed by atoms with Crippen molar-refractivity contribution in [3.63, 3.8) is 0 Å². The molecule has 1 saturated heterocycles. The van der Waals surface area contributed by atoms with Crippen molar-refractivity contribution >= 4 is 0 Å². The summed E-state index contributed by atoms with van der Waals surface area (Å²) in [5, 5.41) is 0. The molecule has 1 aromatic carbocycles. The smallest absolute Gasteiger partial charge is 0.352 e. The van der Waals surface area contributed by atoms with E-state index in [9.17, 15) is 9.59 Å². The fourth-order valence-corrected chi connectivity index (χ4v) is 6.64.